The molecule has 0 saturated heterocycles. The van der Waals surface area contributed by atoms with Gasteiger partial charge >= 0.3 is 0 Å². The fraction of sp³-hybridized carbons (Fsp3) is 0.176. The van der Waals surface area contributed by atoms with Crippen LogP contribution in [0.4, 0.5) is 5.69 Å². The van der Waals surface area contributed by atoms with Crippen molar-refractivity contribution in [3.05, 3.63) is 59.7 Å². The Morgan fingerprint density at radius 2 is 1.95 bits per heavy atom. The number of carbonyl (C=O) groups excluding carboxylic acids is 1. The molecule has 2 aromatic carbocycles. The van der Waals surface area contributed by atoms with Gasteiger partial charge in [0.2, 0.25) is 0 Å². The third-order valence-corrected chi connectivity index (χ3v) is 2.92. The predicted octanol–water partition coefficient (Wildman–Crippen LogP) is 2.89. The molecule has 0 aliphatic heterocycles. The second kappa shape index (κ2) is 6.81. The van der Waals surface area contributed by atoms with Crippen molar-refractivity contribution in [3.63, 3.8) is 0 Å². The summed E-state index contributed by atoms with van der Waals surface area (Å²) in [5.41, 5.74) is 1.96. The zero-order valence-electron chi connectivity index (χ0n) is 12.2. The molecule has 0 fully saturated rings. The Morgan fingerprint density at radius 1 is 1.19 bits per heavy atom. The van der Waals surface area contributed by atoms with Gasteiger partial charge in [-0.2, -0.15) is 0 Å². The number of hydrogen-bond acceptors (Lipinski definition) is 4. The summed E-state index contributed by atoms with van der Waals surface area (Å²) in [5, 5.41) is 9.68. The van der Waals surface area contributed by atoms with E-state index in [9.17, 15) is 9.90 Å². The van der Waals surface area contributed by atoms with E-state index >= 15 is 0 Å². The van der Waals surface area contributed by atoms with Gasteiger partial charge in [-0.15, -0.1) is 0 Å². The van der Waals surface area contributed by atoms with Crippen molar-refractivity contribution in [1.29, 1.82) is 0 Å². The lowest BCUT2D eigenvalue weighted by Crippen LogP contribution is -2.21. The van der Waals surface area contributed by atoms with Crippen LogP contribution in [0.25, 0.3) is 0 Å². The highest BCUT2D eigenvalue weighted by molar-refractivity contribution is 5.98. The van der Waals surface area contributed by atoms with Crippen molar-refractivity contribution < 1.29 is 9.90 Å². The fourth-order valence-electron chi connectivity index (χ4n) is 1.88. The number of aromatic hydroxyl groups is 1. The van der Waals surface area contributed by atoms with Crippen LogP contribution in [0.2, 0.25) is 0 Å². The highest BCUT2D eigenvalue weighted by atomic mass is 16.3. The molecule has 0 aliphatic carbocycles. The van der Waals surface area contributed by atoms with Gasteiger partial charge in [-0.05, 0) is 38.4 Å². The van der Waals surface area contributed by atoms with Crippen LogP contribution in [0.1, 0.15) is 15.9 Å². The zero-order valence-corrected chi connectivity index (χ0v) is 12.2. The van der Waals surface area contributed by atoms with E-state index in [4.69, 9.17) is 0 Å². The van der Waals surface area contributed by atoms with Crippen LogP contribution < -0.4 is 0 Å². The molecule has 4 heteroatoms. The summed E-state index contributed by atoms with van der Waals surface area (Å²) in [6.07, 6.45) is 1.59. The maximum absolute atomic E-state index is 12.0. The number of phenolic OH excluding ortho intramolecular Hbond substituents is 1. The quantitative estimate of drug-likeness (QED) is 0.677. The van der Waals surface area contributed by atoms with Crippen LogP contribution in [0, 0.1) is 0 Å². The van der Waals surface area contributed by atoms with E-state index in [0.29, 0.717) is 23.4 Å². The van der Waals surface area contributed by atoms with Gasteiger partial charge in [0.1, 0.15) is 5.75 Å². The first-order valence-electron chi connectivity index (χ1n) is 6.66. The van der Waals surface area contributed by atoms with Crippen molar-refractivity contribution >= 4 is 17.7 Å². The van der Waals surface area contributed by atoms with E-state index in [1.165, 1.54) is 0 Å². The summed E-state index contributed by atoms with van der Waals surface area (Å²) in [7, 11) is 3.72. The molecule has 0 heterocycles. The minimum absolute atomic E-state index is 0.0552. The van der Waals surface area contributed by atoms with Crippen LogP contribution in [0.15, 0.2) is 53.5 Å². The molecule has 0 radical (unpaired) electrons. The minimum Gasteiger partial charge on any atom is -0.507 e. The van der Waals surface area contributed by atoms with Crippen molar-refractivity contribution in [1.82, 2.24) is 4.90 Å². The molecular weight excluding hydrogens is 264 g/mol. The van der Waals surface area contributed by atoms with Crippen LogP contribution in [0.5, 0.6) is 5.75 Å². The van der Waals surface area contributed by atoms with Gasteiger partial charge in [0.15, 0.2) is 5.78 Å². The first kappa shape index (κ1) is 14.9. The molecule has 108 valence electrons. The van der Waals surface area contributed by atoms with Gasteiger partial charge in [0.25, 0.3) is 0 Å². The Kier molecular flexibility index (Phi) is 4.85. The summed E-state index contributed by atoms with van der Waals surface area (Å²) in [4.78, 5) is 18.1. The topological polar surface area (TPSA) is 52.9 Å². The lowest BCUT2D eigenvalue weighted by Gasteiger charge is -2.08. The van der Waals surface area contributed by atoms with Gasteiger partial charge in [-0.3, -0.25) is 9.79 Å². The predicted molar refractivity (Wildman–Crippen MR) is 84.7 cm³/mol. The number of aliphatic imine (C=N–C) groups is 1. The molecule has 0 amide bonds. The average molecular weight is 282 g/mol. The molecular formula is C17H18N2O2. The van der Waals surface area contributed by atoms with Crippen molar-refractivity contribution in [2.75, 3.05) is 20.6 Å². The third kappa shape index (κ3) is 4.26. The summed E-state index contributed by atoms with van der Waals surface area (Å²) in [6.45, 7) is 0.368. The number of carbonyl (C=O) groups is 1. The second-order valence-corrected chi connectivity index (χ2v) is 5.03. The van der Waals surface area contributed by atoms with Crippen LogP contribution >= 0.6 is 0 Å². The number of benzene rings is 2. The van der Waals surface area contributed by atoms with E-state index in [1.54, 1.807) is 42.6 Å². The van der Waals surface area contributed by atoms with Crippen molar-refractivity contribution in [2.24, 2.45) is 4.99 Å². The Balaban J connectivity index is 2.18. The second-order valence-electron chi connectivity index (χ2n) is 5.03. The molecule has 4 nitrogen and oxygen atoms in total. The Labute approximate surface area is 124 Å². The molecule has 0 aliphatic rings. The summed E-state index contributed by atoms with van der Waals surface area (Å²) < 4.78 is 0. The number of phenols is 1. The number of para-hydroxylation sites is 1. The lowest BCUT2D eigenvalue weighted by molar-refractivity contribution is 0.0958. The summed E-state index contributed by atoms with van der Waals surface area (Å²) in [5.74, 6) is 0.237. The molecule has 0 bridgehead atoms. The molecule has 21 heavy (non-hydrogen) atoms. The van der Waals surface area contributed by atoms with Crippen molar-refractivity contribution in [2.45, 2.75) is 0 Å². The lowest BCUT2D eigenvalue weighted by atomic mass is 10.1. The maximum Gasteiger partial charge on any atom is 0.176 e. The Hall–Kier alpha value is -2.46. The molecule has 0 saturated carbocycles. The first-order valence-corrected chi connectivity index (χ1v) is 6.66. The number of Topliss-reactive ketones (excluding diaryl/α,β-unsaturated/α-hetero) is 1. The largest absolute Gasteiger partial charge is 0.507 e. The normalized spacial score (nSPS) is 11.2. The Bertz CT molecular complexity index is 663. The van der Waals surface area contributed by atoms with E-state index in [1.807, 2.05) is 31.1 Å². The highest BCUT2D eigenvalue weighted by Crippen LogP contribution is 2.17. The molecule has 0 spiro atoms. The van der Waals surface area contributed by atoms with Gasteiger partial charge in [-0.25, -0.2) is 0 Å². The average Bonchev–Trinajstić information content (AvgIpc) is 2.46. The molecule has 0 unspecified atom stereocenters. The monoisotopic (exact) mass is 282 g/mol. The number of nitrogens with zero attached hydrogens (tertiary/aromatic N) is 2. The minimum atomic E-state index is 0.0552. The third-order valence-electron chi connectivity index (χ3n) is 2.92. The van der Waals surface area contributed by atoms with Crippen LogP contribution in [-0.4, -0.2) is 42.6 Å². The van der Waals surface area contributed by atoms with Crippen LogP contribution in [-0.2, 0) is 0 Å². The van der Waals surface area contributed by atoms with Crippen molar-refractivity contribution in [3.8, 4) is 5.75 Å². The van der Waals surface area contributed by atoms with E-state index < -0.39 is 0 Å². The summed E-state index contributed by atoms with van der Waals surface area (Å²) in [6, 6.07) is 14.1. The molecule has 2 rings (SSSR count). The number of hydrogen-bond donors (Lipinski definition) is 1. The molecule has 0 atom stereocenters. The Morgan fingerprint density at radius 3 is 2.67 bits per heavy atom. The maximum atomic E-state index is 12.0. The standard InChI is InChI=1S/C17H18N2O2/c1-19(2)12-17(21)13-7-5-8-15(10-13)18-11-14-6-3-4-9-16(14)20/h3-11,20H,12H2,1-2H3. The molecule has 1 N–H and O–H groups in total. The first-order chi connectivity index (χ1) is 10.1. The van der Waals surface area contributed by atoms with Gasteiger partial charge in [0, 0.05) is 17.3 Å². The number of rotatable bonds is 5. The SMILES string of the molecule is CN(C)CC(=O)c1cccc(N=Cc2ccccc2O)c1. The highest BCUT2D eigenvalue weighted by Gasteiger charge is 2.07. The van der Waals surface area contributed by atoms with E-state index in [-0.39, 0.29) is 11.5 Å². The molecule has 2 aromatic rings. The van der Waals surface area contributed by atoms with Gasteiger partial charge < -0.3 is 10.0 Å². The molecule has 0 aromatic heterocycles. The van der Waals surface area contributed by atoms with Crippen LogP contribution in [0.3, 0.4) is 0 Å². The van der Waals surface area contributed by atoms with E-state index in [0.717, 1.165) is 0 Å². The zero-order chi connectivity index (χ0) is 15.2. The number of likely N-dealkylation sites (N-methyl/N-ethyl adjacent to an activating group) is 1. The smallest absolute Gasteiger partial charge is 0.176 e. The van der Waals surface area contributed by atoms with Gasteiger partial charge in [-0.1, -0.05) is 24.3 Å². The fourth-order valence-corrected chi connectivity index (χ4v) is 1.88. The van der Waals surface area contributed by atoms with E-state index in [2.05, 4.69) is 4.99 Å². The van der Waals surface area contributed by atoms with Gasteiger partial charge in [0.05, 0.1) is 12.2 Å². The summed E-state index contributed by atoms with van der Waals surface area (Å²) >= 11 is 0. The number of ketones is 1.